The van der Waals surface area contributed by atoms with Gasteiger partial charge in [-0.25, -0.2) is 0 Å². The highest BCUT2D eigenvalue weighted by Gasteiger charge is 2.83. The normalized spacial score (nSPS) is 36.0. The molecule has 2 aliphatic carbocycles. The first-order chi connectivity index (χ1) is 19.3. The molecule has 2 heterocycles. The highest BCUT2D eigenvalue weighted by atomic mass is 16.7. The number of hydrogen-bond donors (Lipinski definition) is 2. The molecule has 0 amide bonds. The monoisotopic (exact) mass is 562 g/mol. The van der Waals surface area contributed by atoms with Gasteiger partial charge in [-0.2, -0.15) is 0 Å². The number of aliphatic hydroxyl groups is 2. The SMILES string of the molecule is CCCCCCCCCCCCCCCCCC(=O)O[C@@H]1C[C@@]2(C)C3(CO3)[C@@H]1O[C@@H]1C=C(C)C(=O)[C@@H](O)[C@@]12CO. The van der Waals surface area contributed by atoms with Gasteiger partial charge >= 0.3 is 5.97 Å². The fourth-order valence-electron chi connectivity index (χ4n) is 7.96. The summed E-state index contributed by atoms with van der Waals surface area (Å²) in [6.07, 6.45) is 18.6. The number of fused-ring (bicyclic) bond motifs is 2. The van der Waals surface area contributed by atoms with Crippen LogP contribution in [0.3, 0.4) is 0 Å². The van der Waals surface area contributed by atoms with E-state index in [1.54, 1.807) is 13.0 Å². The van der Waals surface area contributed by atoms with Crippen LogP contribution in [0.4, 0.5) is 0 Å². The maximum absolute atomic E-state index is 12.8. The average Bonchev–Trinajstić information content (AvgIpc) is 3.71. The van der Waals surface area contributed by atoms with Crippen molar-refractivity contribution in [2.24, 2.45) is 10.8 Å². The summed E-state index contributed by atoms with van der Waals surface area (Å²) in [5, 5.41) is 21.7. The molecule has 40 heavy (non-hydrogen) atoms. The van der Waals surface area contributed by atoms with E-state index in [1.165, 1.54) is 77.0 Å². The topological polar surface area (TPSA) is 106 Å². The average molecular weight is 563 g/mol. The fourth-order valence-corrected chi connectivity index (χ4v) is 7.96. The van der Waals surface area contributed by atoms with Crippen LogP contribution in [0.1, 0.15) is 130 Å². The van der Waals surface area contributed by atoms with Gasteiger partial charge in [0.25, 0.3) is 0 Å². The Bertz CT molecular complexity index is 895. The highest BCUT2D eigenvalue weighted by molar-refractivity contribution is 6.00. The number of ketones is 1. The van der Waals surface area contributed by atoms with Gasteiger partial charge in [-0.05, 0) is 31.4 Å². The molecule has 0 aromatic heterocycles. The summed E-state index contributed by atoms with van der Waals surface area (Å²) in [6.45, 7) is 5.86. The second kappa shape index (κ2) is 13.8. The lowest BCUT2D eigenvalue weighted by Crippen LogP contribution is -2.70. The Balaban J connectivity index is 1.14. The molecule has 4 aliphatic rings. The Hall–Kier alpha value is -1.28. The molecule has 2 aliphatic heterocycles. The third-order valence-electron chi connectivity index (χ3n) is 10.7. The van der Waals surface area contributed by atoms with E-state index >= 15 is 0 Å². The number of carbonyl (C=O) groups excluding carboxylic acids is 2. The van der Waals surface area contributed by atoms with Crippen LogP contribution in [0.25, 0.3) is 0 Å². The van der Waals surface area contributed by atoms with E-state index in [0.717, 1.165) is 19.3 Å². The van der Waals surface area contributed by atoms with Gasteiger partial charge in [0.1, 0.15) is 23.9 Å². The molecule has 7 heteroatoms. The molecule has 0 radical (unpaired) electrons. The largest absolute Gasteiger partial charge is 0.459 e. The molecule has 1 unspecified atom stereocenters. The molecule has 7 nitrogen and oxygen atoms in total. The first-order valence-electron chi connectivity index (χ1n) is 16.3. The van der Waals surface area contributed by atoms with Crippen molar-refractivity contribution in [1.29, 1.82) is 0 Å². The summed E-state index contributed by atoms with van der Waals surface area (Å²) in [5.74, 6) is -0.627. The zero-order valence-electron chi connectivity index (χ0n) is 25.3. The van der Waals surface area contributed by atoms with E-state index in [0.29, 0.717) is 25.0 Å². The number of unbranched alkanes of at least 4 members (excludes halogenated alkanes) is 14. The zero-order valence-corrected chi connectivity index (χ0v) is 25.3. The number of epoxide rings is 1. The summed E-state index contributed by atoms with van der Waals surface area (Å²) in [4.78, 5) is 25.6. The molecule has 0 aromatic rings. The number of aliphatic hydroxyl groups excluding tert-OH is 2. The summed E-state index contributed by atoms with van der Waals surface area (Å²) in [5.41, 5.74) is -2.33. The number of carbonyl (C=O) groups is 2. The van der Waals surface area contributed by atoms with Crippen LogP contribution in [0.15, 0.2) is 11.6 Å². The lowest BCUT2D eigenvalue weighted by molar-refractivity contribution is -0.245. The van der Waals surface area contributed by atoms with Gasteiger partial charge in [-0.1, -0.05) is 104 Å². The van der Waals surface area contributed by atoms with E-state index in [-0.39, 0.29) is 5.97 Å². The van der Waals surface area contributed by atoms with E-state index in [4.69, 9.17) is 14.2 Å². The van der Waals surface area contributed by atoms with Gasteiger partial charge in [-0.15, -0.1) is 0 Å². The summed E-state index contributed by atoms with van der Waals surface area (Å²) in [6, 6.07) is 0. The Kier molecular flexibility index (Phi) is 10.9. The zero-order chi connectivity index (χ0) is 28.8. The van der Waals surface area contributed by atoms with Gasteiger partial charge in [0.05, 0.1) is 24.7 Å². The smallest absolute Gasteiger partial charge is 0.306 e. The van der Waals surface area contributed by atoms with Gasteiger partial charge < -0.3 is 24.4 Å². The van der Waals surface area contributed by atoms with E-state index < -0.39 is 53.2 Å². The molecule has 2 N–H and O–H groups in total. The number of hydrogen-bond acceptors (Lipinski definition) is 7. The maximum atomic E-state index is 12.8. The number of rotatable bonds is 18. The van der Waals surface area contributed by atoms with Crippen LogP contribution in [0.5, 0.6) is 0 Å². The summed E-state index contributed by atoms with van der Waals surface area (Å²) < 4.78 is 18.3. The summed E-state index contributed by atoms with van der Waals surface area (Å²) >= 11 is 0. The van der Waals surface area contributed by atoms with E-state index in [2.05, 4.69) is 6.92 Å². The Morgan fingerprint density at radius 1 is 0.975 bits per heavy atom. The number of ether oxygens (including phenoxy) is 3. The van der Waals surface area contributed by atoms with Crippen molar-refractivity contribution in [1.82, 2.24) is 0 Å². The number of esters is 1. The minimum absolute atomic E-state index is 0.236. The van der Waals surface area contributed by atoms with Crippen LogP contribution in [-0.2, 0) is 23.8 Å². The van der Waals surface area contributed by atoms with Crippen LogP contribution >= 0.6 is 0 Å². The molecular weight excluding hydrogens is 508 g/mol. The maximum Gasteiger partial charge on any atom is 0.306 e. The molecule has 228 valence electrons. The van der Waals surface area contributed by atoms with Crippen LogP contribution in [0, 0.1) is 10.8 Å². The lowest BCUT2D eigenvalue weighted by atomic mass is 9.50. The van der Waals surface area contributed by atoms with E-state index in [1.807, 2.05) is 6.92 Å². The van der Waals surface area contributed by atoms with Crippen molar-refractivity contribution in [3.05, 3.63) is 11.6 Å². The Morgan fingerprint density at radius 2 is 1.50 bits per heavy atom. The molecule has 2 bridgehead atoms. The second-order valence-corrected chi connectivity index (χ2v) is 13.2. The minimum atomic E-state index is -1.39. The quantitative estimate of drug-likeness (QED) is 0.120. The van der Waals surface area contributed by atoms with Gasteiger partial charge in [-0.3, -0.25) is 9.59 Å². The molecule has 7 atom stereocenters. The van der Waals surface area contributed by atoms with Crippen LogP contribution in [-0.4, -0.2) is 65.2 Å². The van der Waals surface area contributed by atoms with Crippen molar-refractivity contribution in [2.45, 2.75) is 160 Å². The molecule has 1 saturated carbocycles. The number of Topliss-reactive ketones (excluding diaryl/α,β-unsaturated/α-hetero) is 1. The third-order valence-corrected chi connectivity index (χ3v) is 10.7. The minimum Gasteiger partial charge on any atom is -0.459 e. The molecule has 3 fully saturated rings. The van der Waals surface area contributed by atoms with Gasteiger partial charge in [0, 0.05) is 11.8 Å². The summed E-state index contributed by atoms with van der Waals surface area (Å²) in [7, 11) is 0. The molecule has 1 spiro atoms. The van der Waals surface area contributed by atoms with Crippen LogP contribution < -0.4 is 0 Å². The second-order valence-electron chi connectivity index (χ2n) is 13.2. The molecular formula is C33H54O7. The van der Waals surface area contributed by atoms with Gasteiger partial charge in [0.15, 0.2) is 5.78 Å². The Labute approximate surface area is 241 Å². The first-order valence-corrected chi connectivity index (χ1v) is 16.3. The fraction of sp³-hybridized carbons (Fsp3) is 0.879. The van der Waals surface area contributed by atoms with Crippen molar-refractivity contribution >= 4 is 11.8 Å². The van der Waals surface area contributed by atoms with Crippen molar-refractivity contribution in [2.75, 3.05) is 13.2 Å². The van der Waals surface area contributed by atoms with Gasteiger partial charge in [0.2, 0.25) is 0 Å². The standard InChI is InChI=1S/C33H54O7/c1-4-5-6-7-8-9-10-11-12-13-14-15-16-17-18-19-27(35)39-25-21-31(3)32(22-34)26(20-24(2)28(36)29(32)37)40-30(25)33(31)23-38-33/h20,25-26,29-30,34,37H,4-19,21-23H2,1-3H3/t25-,26-,29-,30-,31-,32-,33?/m1/s1. The van der Waals surface area contributed by atoms with Crippen LogP contribution in [0.2, 0.25) is 0 Å². The highest BCUT2D eigenvalue weighted by Crippen LogP contribution is 2.71. The molecule has 0 aromatic carbocycles. The predicted octanol–water partition coefficient (Wildman–Crippen LogP) is 5.97. The Morgan fingerprint density at radius 3 is 2.00 bits per heavy atom. The molecule has 2 saturated heterocycles. The van der Waals surface area contributed by atoms with Crippen molar-refractivity contribution in [3.63, 3.8) is 0 Å². The third kappa shape index (κ3) is 5.95. The molecule has 4 rings (SSSR count). The van der Waals surface area contributed by atoms with E-state index in [9.17, 15) is 19.8 Å². The van der Waals surface area contributed by atoms with Crippen molar-refractivity contribution < 1.29 is 34.0 Å². The first kappa shape index (κ1) is 31.7. The van der Waals surface area contributed by atoms with Crippen molar-refractivity contribution in [3.8, 4) is 0 Å². The predicted molar refractivity (Wildman–Crippen MR) is 154 cm³/mol. The lowest BCUT2D eigenvalue weighted by Gasteiger charge is -2.58.